The number of anilines is 1. The number of carbonyl (C=O) groups is 3. The second-order valence-electron chi connectivity index (χ2n) is 10.3. The molecule has 4 aliphatic carbocycles. The van der Waals surface area contributed by atoms with Crippen LogP contribution >= 0.6 is 0 Å². The molecule has 6 heteroatoms. The third kappa shape index (κ3) is 3.97. The van der Waals surface area contributed by atoms with Crippen molar-refractivity contribution >= 4 is 23.5 Å². The minimum atomic E-state index is -0.517. The summed E-state index contributed by atoms with van der Waals surface area (Å²) in [7, 11) is 0. The molecule has 31 heavy (non-hydrogen) atoms. The lowest BCUT2D eigenvalue weighted by Gasteiger charge is -2.59. The molecule has 1 aromatic rings. The maximum atomic E-state index is 12.5. The summed E-state index contributed by atoms with van der Waals surface area (Å²) in [5.41, 5.74) is 1.41. The number of amides is 2. The van der Waals surface area contributed by atoms with Crippen molar-refractivity contribution in [2.45, 2.75) is 64.3 Å². The first-order chi connectivity index (χ1) is 14.9. The zero-order chi connectivity index (χ0) is 21.6. The highest BCUT2D eigenvalue weighted by Crippen LogP contribution is 2.61. The normalized spacial score (nSPS) is 32.2. The zero-order valence-electron chi connectivity index (χ0n) is 18.3. The van der Waals surface area contributed by atoms with Crippen LogP contribution in [-0.2, 0) is 14.3 Å². The van der Waals surface area contributed by atoms with Gasteiger partial charge in [-0.1, -0.05) is 0 Å². The monoisotopic (exact) mass is 424 g/mol. The van der Waals surface area contributed by atoms with Crippen LogP contribution in [0.5, 0.6) is 0 Å². The number of hydrogen-bond acceptors (Lipinski definition) is 4. The Kier molecular flexibility index (Phi) is 5.27. The zero-order valence-corrected chi connectivity index (χ0v) is 18.3. The Morgan fingerprint density at radius 3 is 2.26 bits per heavy atom. The van der Waals surface area contributed by atoms with Crippen LogP contribution in [-0.4, -0.2) is 37.0 Å². The first-order valence-corrected chi connectivity index (χ1v) is 11.8. The molecule has 1 aromatic carbocycles. The van der Waals surface area contributed by atoms with Crippen LogP contribution in [0.25, 0.3) is 0 Å². The van der Waals surface area contributed by atoms with E-state index in [1.54, 1.807) is 29.2 Å². The molecular weight excluding hydrogens is 392 g/mol. The molecular formula is C25H32N2O4. The Hall–Kier alpha value is -2.37. The Bertz CT molecular complexity index is 843. The molecule has 6 rings (SSSR count). The minimum Gasteiger partial charge on any atom is -0.452 e. The predicted molar refractivity (Wildman–Crippen MR) is 117 cm³/mol. The van der Waals surface area contributed by atoms with Gasteiger partial charge in [0.2, 0.25) is 5.91 Å². The maximum Gasteiger partial charge on any atom is 0.338 e. The summed E-state index contributed by atoms with van der Waals surface area (Å²) >= 11 is 0. The molecule has 1 N–H and O–H groups in total. The molecule has 4 saturated carbocycles. The number of nitrogens with one attached hydrogen (secondary N) is 1. The van der Waals surface area contributed by atoms with E-state index in [1.807, 2.05) is 0 Å². The quantitative estimate of drug-likeness (QED) is 0.707. The van der Waals surface area contributed by atoms with Gasteiger partial charge in [-0.15, -0.1) is 0 Å². The molecule has 0 aromatic heterocycles. The second kappa shape index (κ2) is 7.95. The standard InChI is InChI=1S/C25H32N2O4/c1-16(25-12-17-9-18(13-25)11-19(10-17)14-25)26-22(28)15-31-24(30)20-4-6-21(7-5-20)27-8-2-3-23(27)29/h4-7,16-19H,2-3,8-15H2,1H3,(H,26,28)/t16-,17?,18?,19?,25?/m1/s1. The Labute approximate surface area is 183 Å². The van der Waals surface area contributed by atoms with Gasteiger partial charge in [0.05, 0.1) is 5.56 Å². The summed E-state index contributed by atoms with van der Waals surface area (Å²) in [5, 5.41) is 3.13. The SMILES string of the molecule is C[C@@H](NC(=O)COC(=O)c1ccc(N2CCCC2=O)cc1)C12CC3CC(CC(C3)C1)C2. The highest BCUT2D eigenvalue weighted by atomic mass is 16.5. The van der Waals surface area contributed by atoms with E-state index in [1.165, 1.54) is 38.5 Å². The third-order valence-corrected chi connectivity index (χ3v) is 8.20. The molecule has 1 heterocycles. The number of benzene rings is 1. The van der Waals surface area contributed by atoms with Gasteiger partial charge in [0.15, 0.2) is 6.61 Å². The van der Waals surface area contributed by atoms with E-state index in [-0.39, 0.29) is 29.9 Å². The van der Waals surface area contributed by atoms with Crippen LogP contribution in [0, 0.1) is 23.2 Å². The Balaban J connectivity index is 1.13. The van der Waals surface area contributed by atoms with Gasteiger partial charge in [0, 0.05) is 24.7 Å². The smallest absolute Gasteiger partial charge is 0.338 e. The van der Waals surface area contributed by atoms with Crippen LogP contribution in [0.4, 0.5) is 5.69 Å². The fourth-order valence-electron chi connectivity index (χ4n) is 7.06. The first kappa shape index (κ1) is 20.5. The lowest BCUT2D eigenvalue weighted by molar-refractivity contribution is -0.128. The molecule has 1 aliphatic heterocycles. The predicted octanol–water partition coefficient (Wildman–Crippen LogP) is 3.69. The number of nitrogens with zero attached hydrogens (tertiary/aromatic N) is 1. The van der Waals surface area contributed by atoms with Gasteiger partial charge in [-0.05, 0) is 99.3 Å². The molecule has 0 unspecified atom stereocenters. The number of hydrogen-bond donors (Lipinski definition) is 1. The van der Waals surface area contributed by atoms with Gasteiger partial charge >= 0.3 is 5.97 Å². The van der Waals surface area contributed by atoms with Crippen LogP contribution in [0.3, 0.4) is 0 Å². The number of carbonyl (C=O) groups excluding carboxylic acids is 3. The molecule has 1 atom stereocenters. The molecule has 0 radical (unpaired) electrons. The second-order valence-corrected chi connectivity index (χ2v) is 10.3. The van der Waals surface area contributed by atoms with E-state index in [9.17, 15) is 14.4 Å². The number of esters is 1. The van der Waals surface area contributed by atoms with Crippen LogP contribution in [0.1, 0.15) is 68.6 Å². The van der Waals surface area contributed by atoms with Crippen LogP contribution < -0.4 is 10.2 Å². The molecule has 5 aliphatic rings. The summed E-state index contributed by atoms with van der Waals surface area (Å²) in [6, 6.07) is 6.94. The number of rotatable bonds is 6. The van der Waals surface area contributed by atoms with Crippen LogP contribution in [0.15, 0.2) is 24.3 Å². The summed E-state index contributed by atoms with van der Waals surface area (Å²) in [5.74, 6) is 1.87. The fraction of sp³-hybridized carbons (Fsp3) is 0.640. The third-order valence-electron chi connectivity index (χ3n) is 8.20. The highest BCUT2D eigenvalue weighted by molar-refractivity contribution is 5.96. The topological polar surface area (TPSA) is 75.7 Å². The van der Waals surface area contributed by atoms with E-state index >= 15 is 0 Å². The Morgan fingerprint density at radius 1 is 1.10 bits per heavy atom. The van der Waals surface area contributed by atoms with E-state index in [0.29, 0.717) is 18.5 Å². The van der Waals surface area contributed by atoms with Gasteiger partial charge in [0.1, 0.15) is 0 Å². The summed E-state index contributed by atoms with van der Waals surface area (Å²) < 4.78 is 5.26. The summed E-state index contributed by atoms with van der Waals surface area (Å²) in [6.07, 6.45) is 9.25. The van der Waals surface area contributed by atoms with Gasteiger partial charge in [0.25, 0.3) is 5.91 Å². The van der Waals surface area contributed by atoms with Crippen molar-refractivity contribution in [1.82, 2.24) is 5.32 Å². The lowest BCUT2D eigenvalue weighted by atomic mass is 9.48. The molecule has 4 bridgehead atoms. The van der Waals surface area contributed by atoms with Gasteiger partial charge < -0.3 is 15.0 Å². The van der Waals surface area contributed by atoms with Gasteiger partial charge in [-0.25, -0.2) is 4.79 Å². The van der Waals surface area contributed by atoms with Crippen molar-refractivity contribution in [2.75, 3.05) is 18.1 Å². The lowest BCUT2D eigenvalue weighted by Crippen LogP contribution is -2.56. The van der Waals surface area contributed by atoms with Gasteiger partial charge in [-0.3, -0.25) is 9.59 Å². The molecule has 6 nitrogen and oxygen atoms in total. The molecule has 1 saturated heterocycles. The van der Waals surface area contributed by atoms with Crippen LogP contribution in [0.2, 0.25) is 0 Å². The van der Waals surface area contributed by atoms with Crippen molar-refractivity contribution in [1.29, 1.82) is 0 Å². The first-order valence-electron chi connectivity index (χ1n) is 11.8. The Morgan fingerprint density at radius 2 is 1.71 bits per heavy atom. The van der Waals surface area contributed by atoms with E-state index in [0.717, 1.165) is 29.9 Å². The summed E-state index contributed by atoms with van der Waals surface area (Å²) in [4.78, 5) is 38.5. The average Bonchev–Trinajstić information content (AvgIpc) is 3.17. The highest BCUT2D eigenvalue weighted by Gasteiger charge is 2.53. The van der Waals surface area contributed by atoms with E-state index in [2.05, 4.69) is 12.2 Å². The van der Waals surface area contributed by atoms with Crippen molar-refractivity contribution in [3.05, 3.63) is 29.8 Å². The van der Waals surface area contributed by atoms with Crippen molar-refractivity contribution < 1.29 is 19.1 Å². The maximum absolute atomic E-state index is 12.5. The van der Waals surface area contributed by atoms with Crippen molar-refractivity contribution in [3.8, 4) is 0 Å². The minimum absolute atomic E-state index is 0.111. The van der Waals surface area contributed by atoms with Gasteiger partial charge in [-0.2, -0.15) is 0 Å². The molecule has 0 spiro atoms. The molecule has 2 amide bonds. The fourth-order valence-corrected chi connectivity index (χ4v) is 7.06. The molecule has 5 fully saturated rings. The van der Waals surface area contributed by atoms with E-state index < -0.39 is 5.97 Å². The molecule has 166 valence electrons. The van der Waals surface area contributed by atoms with E-state index in [4.69, 9.17) is 4.74 Å². The number of ether oxygens (including phenoxy) is 1. The average molecular weight is 425 g/mol. The van der Waals surface area contributed by atoms with Crippen molar-refractivity contribution in [2.24, 2.45) is 23.2 Å². The largest absolute Gasteiger partial charge is 0.452 e. The summed E-state index contributed by atoms with van der Waals surface area (Å²) in [6.45, 7) is 2.58. The van der Waals surface area contributed by atoms with Crippen molar-refractivity contribution in [3.63, 3.8) is 0 Å².